The standard InChI is InChI=1S/C31H33Cl2NO9S/c1-40-28-12-10-20(14-29(28)41-2)9-11-27(21-6-5-7-24(15-21)42-19-30(35)36)43-31(37)26-8-3-4-13-34(26)44(38,39)25-17-22(32)16-23(33)18-25/h5-7,10,12,14-18,26-27H,3-4,8-9,11,13,19H2,1-2H3,(H,35,36)/t26-,27-/m0/s1. The first-order valence-corrected chi connectivity index (χ1v) is 16.1. The highest BCUT2D eigenvalue weighted by molar-refractivity contribution is 7.89. The second-order valence-electron chi connectivity index (χ2n) is 10.1. The average molecular weight is 667 g/mol. The Kier molecular flexibility index (Phi) is 11.4. The lowest BCUT2D eigenvalue weighted by molar-refractivity contribution is -0.155. The van der Waals surface area contributed by atoms with Crippen LogP contribution in [0.3, 0.4) is 0 Å². The molecule has 0 radical (unpaired) electrons. The number of esters is 1. The first kappa shape index (κ1) is 33.4. The molecular formula is C31H33Cl2NO9S. The van der Waals surface area contributed by atoms with Crippen molar-refractivity contribution in [2.45, 2.75) is 49.1 Å². The van der Waals surface area contributed by atoms with Crippen molar-refractivity contribution >= 4 is 45.2 Å². The minimum Gasteiger partial charge on any atom is -0.493 e. The lowest BCUT2D eigenvalue weighted by Gasteiger charge is -2.34. The van der Waals surface area contributed by atoms with E-state index in [0.29, 0.717) is 42.7 Å². The van der Waals surface area contributed by atoms with Gasteiger partial charge in [0.05, 0.1) is 19.1 Å². The molecule has 1 heterocycles. The Hall–Kier alpha value is -3.51. The second-order valence-corrected chi connectivity index (χ2v) is 12.9. The fourth-order valence-electron chi connectivity index (χ4n) is 5.04. The van der Waals surface area contributed by atoms with Crippen molar-refractivity contribution in [2.75, 3.05) is 27.4 Å². The Morgan fingerprint density at radius 2 is 1.70 bits per heavy atom. The summed E-state index contributed by atoms with van der Waals surface area (Å²) in [6.07, 6.45) is 1.46. The zero-order chi connectivity index (χ0) is 31.9. The number of carboxylic acids is 1. The number of rotatable bonds is 13. The summed E-state index contributed by atoms with van der Waals surface area (Å²) >= 11 is 12.2. The van der Waals surface area contributed by atoms with Crippen LogP contribution in [0.5, 0.6) is 17.2 Å². The zero-order valence-corrected chi connectivity index (χ0v) is 26.5. The van der Waals surface area contributed by atoms with Gasteiger partial charge in [-0.15, -0.1) is 0 Å². The van der Waals surface area contributed by atoms with Crippen molar-refractivity contribution in [3.05, 3.63) is 81.8 Å². The SMILES string of the molecule is COc1ccc(CC[C@H](OC(=O)[C@@H]2CCCCN2S(=O)(=O)c2cc(Cl)cc(Cl)c2)c2cccc(OCC(=O)O)c2)cc1OC. The van der Waals surface area contributed by atoms with Crippen molar-refractivity contribution < 1.29 is 42.1 Å². The number of sulfonamides is 1. The number of methoxy groups -OCH3 is 2. The topological polar surface area (TPSA) is 129 Å². The van der Waals surface area contributed by atoms with Crippen LogP contribution >= 0.6 is 23.2 Å². The molecular weight excluding hydrogens is 633 g/mol. The quantitative estimate of drug-likeness (QED) is 0.221. The smallest absolute Gasteiger partial charge is 0.341 e. The van der Waals surface area contributed by atoms with Gasteiger partial charge in [-0.05, 0) is 85.7 Å². The third-order valence-corrected chi connectivity index (χ3v) is 9.48. The largest absolute Gasteiger partial charge is 0.493 e. The number of nitrogens with zero attached hydrogens (tertiary/aromatic N) is 1. The first-order valence-electron chi connectivity index (χ1n) is 13.9. The predicted molar refractivity (Wildman–Crippen MR) is 164 cm³/mol. The monoisotopic (exact) mass is 665 g/mol. The van der Waals surface area contributed by atoms with Crippen molar-refractivity contribution in [3.8, 4) is 17.2 Å². The van der Waals surface area contributed by atoms with Crippen molar-refractivity contribution in [3.63, 3.8) is 0 Å². The van der Waals surface area contributed by atoms with E-state index in [1.54, 1.807) is 37.4 Å². The molecule has 1 N–H and O–H groups in total. The van der Waals surface area contributed by atoms with E-state index >= 15 is 0 Å². The summed E-state index contributed by atoms with van der Waals surface area (Å²) in [4.78, 5) is 24.7. The minimum absolute atomic E-state index is 0.108. The fraction of sp³-hybridized carbons (Fsp3) is 0.355. The molecule has 236 valence electrons. The summed E-state index contributed by atoms with van der Waals surface area (Å²) in [5.41, 5.74) is 1.45. The zero-order valence-electron chi connectivity index (χ0n) is 24.2. The van der Waals surface area contributed by atoms with Gasteiger partial charge in [0.25, 0.3) is 0 Å². The van der Waals surface area contributed by atoms with Gasteiger partial charge in [-0.2, -0.15) is 4.31 Å². The third-order valence-electron chi connectivity index (χ3n) is 7.16. The molecule has 44 heavy (non-hydrogen) atoms. The van der Waals surface area contributed by atoms with Gasteiger partial charge in [-0.25, -0.2) is 13.2 Å². The number of carboxylic acid groups (broad SMARTS) is 1. The molecule has 3 aromatic rings. The number of halogens is 2. The Balaban J connectivity index is 1.62. The molecule has 1 fully saturated rings. The highest BCUT2D eigenvalue weighted by Gasteiger charge is 2.39. The predicted octanol–water partition coefficient (Wildman–Crippen LogP) is 5.93. The van der Waals surface area contributed by atoms with Crippen LogP contribution in [0.25, 0.3) is 0 Å². The van der Waals surface area contributed by atoms with Crippen LogP contribution in [0.2, 0.25) is 10.0 Å². The maximum atomic E-state index is 13.8. The highest BCUT2D eigenvalue weighted by atomic mass is 35.5. The number of ether oxygens (including phenoxy) is 4. The molecule has 1 aliphatic rings. The lowest BCUT2D eigenvalue weighted by Crippen LogP contribution is -2.48. The van der Waals surface area contributed by atoms with Crippen LogP contribution in [0.4, 0.5) is 0 Å². The maximum Gasteiger partial charge on any atom is 0.341 e. The molecule has 0 aromatic heterocycles. The number of carbonyl (C=O) groups is 2. The van der Waals surface area contributed by atoms with Gasteiger partial charge < -0.3 is 24.1 Å². The Bertz CT molecular complexity index is 1580. The summed E-state index contributed by atoms with van der Waals surface area (Å²) in [5.74, 6) is -0.423. The van der Waals surface area contributed by atoms with Gasteiger partial charge in [0.2, 0.25) is 10.0 Å². The fourth-order valence-corrected chi connectivity index (χ4v) is 7.41. The molecule has 10 nitrogen and oxygen atoms in total. The van der Waals surface area contributed by atoms with Crippen LogP contribution in [-0.4, -0.2) is 63.2 Å². The normalized spacial score (nSPS) is 16.1. The first-order chi connectivity index (χ1) is 21.0. The number of hydrogen-bond donors (Lipinski definition) is 1. The Morgan fingerprint density at radius 1 is 0.977 bits per heavy atom. The van der Waals surface area contributed by atoms with E-state index in [1.807, 2.05) is 12.1 Å². The van der Waals surface area contributed by atoms with Gasteiger partial charge in [0.1, 0.15) is 17.9 Å². The number of aliphatic carboxylic acids is 1. The van der Waals surface area contributed by atoms with E-state index in [9.17, 15) is 18.0 Å². The van der Waals surface area contributed by atoms with E-state index < -0.39 is 40.7 Å². The van der Waals surface area contributed by atoms with Gasteiger partial charge in [0.15, 0.2) is 18.1 Å². The van der Waals surface area contributed by atoms with E-state index in [2.05, 4.69) is 0 Å². The molecule has 1 saturated heterocycles. The molecule has 0 aliphatic carbocycles. The van der Waals surface area contributed by atoms with Gasteiger partial charge in [-0.3, -0.25) is 4.79 Å². The minimum atomic E-state index is -4.13. The van der Waals surface area contributed by atoms with Gasteiger partial charge in [-0.1, -0.05) is 41.4 Å². The maximum absolute atomic E-state index is 13.8. The summed E-state index contributed by atoms with van der Waals surface area (Å²) in [5, 5.41) is 9.35. The van der Waals surface area contributed by atoms with Crippen molar-refractivity contribution in [2.24, 2.45) is 0 Å². The molecule has 0 unspecified atom stereocenters. The van der Waals surface area contributed by atoms with E-state index in [-0.39, 0.29) is 33.7 Å². The molecule has 0 amide bonds. The lowest BCUT2D eigenvalue weighted by atomic mass is 10.00. The van der Waals surface area contributed by atoms with Crippen LogP contribution in [0, 0.1) is 0 Å². The summed E-state index contributed by atoms with van der Waals surface area (Å²) in [6.45, 7) is -0.414. The molecule has 3 aromatic carbocycles. The number of benzene rings is 3. The van der Waals surface area contributed by atoms with Gasteiger partial charge >= 0.3 is 11.9 Å². The van der Waals surface area contributed by atoms with E-state index in [1.165, 1.54) is 25.3 Å². The van der Waals surface area contributed by atoms with Crippen LogP contribution in [0.1, 0.15) is 42.9 Å². The molecule has 0 bridgehead atoms. The number of aryl methyl sites for hydroxylation is 1. The summed E-state index contributed by atoms with van der Waals surface area (Å²) in [7, 11) is -1.05. The third kappa shape index (κ3) is 8.35. The van der Waals surface area contributed by atoms with Crippen LogP contribution in [0.15, 0.2) is 65.6 Å². The number of hydrogen-bond acceptors (Lipinski definition) is 8. The van der Waals surface area contributed by atoms with E-state index in [0.717, 1.165) is 9.87 Å². The van der Waals surface area contributed by atoms with Crippen molar-refractivity contribution in [1.82, 2.24) is 4.31 Å². The molecule has 0 saturated carbocycles. The average Bonchev–Trinajstić information content (AvgIpc) is 3.01. The number of piperidine rings is 1. The second kappa shape index (κ2) is 15.0. The van der Waals surface area contributed by atoms with E-state index in [4.69, 9.17) is 47.3 Å². The summed E-state index contributed by atoms with van der Waals surface area (Å²) < 4.78 is 50.6. The van der Waals surface area contributed by atoms with Gasteiger partial charge in [0, 0.05) is 16.6 Å². The molecule has 1 aliphatic heterocycles. The molecule has 13 heteroatoms. The highest BCUT2D eigenvalue weighted by Crippen LogP contribution is 2.34. The Morgan fingerprint density at radius 3 is 2.39 bits per heavy atom. The molecule has 4 rings (SSSR count). The van der Waals surface area contributed by atoms with Crippen LogP contribution in [-0.2, 0) is 30.8 Å². The Labute approximate surface area is 266 Å². The molecule has 2 atom stereocenters. The van der Waals surface area contributed by atoms with Crippen molar-refractivity contribution in [1.29, 1.82) is 0 Å². The molecule has 0 spiro atoms. The summed E-state index contributed by atoms with van der Waals surface area (Å²) in [6, 6.07) is 15.1. The number of carbonyl (C=O) groups excluding carboxylic acids is 1. The van der Waals surface area contributed by atoms with Crippen LogP contribution < -0.4 is 14.2 Å².